The van der Waals surface area contributed by atoms with Crippen LogP contribution in [0.25, 0.3) is 11.4 Å². The lowest BCUT2D eigenvalue weighted by Crippen LogP contribution is -2.33. The summed E-state index contributed by atoms with van der Waals surface area (Å²) in [7, 11) is 1.52. The zero-order valence-corrected chi connectivity index (χ0v) is 14.6. The molecule has 10 heteroatoms. The third kappa shape index (κ3) is 4.47. The van der Waals surface area contributed by atoms with Crippen LogP contribution in [0.5, 0.6) is 5.75 Å². The Kier molecular flexibility index (Phi) is 5.58. The van der Waals surface area contributed by atoms with Gasteiger partial charge in [-0.15, -0.1) is 5.10 Å². The molecule has 0 aliphatic rings. The fourth-order valence-electron chi connectivity index (χ4n) is 2.39. The molecule has 0 atom stereocenters. The van der Waals surface area contributed by atoms with E-state index in [1.807, 2.05) is 0 Å². The van der Waals surface area contributed by atoms with Gasteiger partial charge < -0.3 is 10.1 Å². The van der Waals surface area contributed by atoms with Crippen LogP contribution in [0, 0.1) is 11.6 Å². The second-order valence-corrected chi connectivity index (χ2v) is 5.60. The van der Waals surface area contributed by atoms with Crippen molar-refractivity contribution in [2.24, 2.45) is 0 Å². The van der Waals surface area contributed by atoms with Crippen molar-refractivity contribution in [2.45, 2.75) is 0 Å². The second kappa shape index (κ2) is 8.25. The molecule has 0 fully saturated rings. The van der Waals surface area contributed by atoms with Gasteiger partial charge in [0.05, 0.1) is 19.2 Å². The van der Waals surface area contributed by atoms with Gasteiger partial charge in [0.15, 0.2) is 5.82 Å². The molecule has 0 saturated heterocycles. The van der Waals surface area contributed by atoms with Crippen molar-refractivity contribution in [1.82, 2.24) is 20.5 Å². The number of aromatic amines is 1. The summed E-state index contributed by atoms with van der Waals surface area (Å²) in [5.41, 5.74) is 0.418. The van der Waals surface area contributed by atoms with Gasteiger partial charge in [0.1, 0.15) is 17.4 Å². The zero-order valence-electron chi connectivity index (χ0n) is 14.6. The quantitative estimate of drug-likeness (QED) is 0.600. The molecule has 2 aromatic carbocycles. The van der Waals surface area contributed by atoms with Gasteiger partial charge in [-0.2, -0.15) is 4.98 Å². The molecule has 8 nitrogen and oxygen atoms in total. The van der Waals surface area contributed by atoms with Crippen LogP contribution in [0.1, 0.15) is 10.4 Å². The fourth-order valence-corrected chi connectivity index (χ4v) is 2.39. The maximum Gasteiger partial charge on any atom is 0.251 e. The number of hydrogen-bond donors (Lipinski definition) is 3. The first-order chi connectivity index (χ1) is 13.5. The molecule has 0 radical (unpaired) electrons. The van der Waals surface area contributed by atoms with Crippen molar-refractivity contribution in [2.75, 3.05) is 19.0 Å². The third-order valence-electron chi connectivity index (χ3n) is 3.63. The zero-order chi connectivity index (χ0) is 20.1. The predicted molar refractivity (Wildman–Crippen MR) is 95.7 cm³/mol. The SMILES string of the molecule is COc1ccccc1-c1nc(NC(=O)CNC(=O)c2cc(F)cc(F)c2)n[nH]1. The number of nitrogens with one attached hydrogen (secondary N) is 3. The van der Waals surface area contributed by atoms with Crippen LogP contribution < -0.4 is 15.4 Å². The normalized spacial score (nSPS) is 10.4. The number of aromatic nitrogens is 3. The first-order valence-corrected chi connectivity index (χ1v) is 8.06. The predicted octanol–water partition coefficient (Wildman–Crippen LogP) is 2.13. The van der Waals surface area contributed by atoms with Crippen molar-refractivity contribution in [3.63, 3.8) is 0 Å². The smallest absolute Gasteiger partial charge is 0.251 e. The molecule has 144 valence electrons. The van der Waals surface area contributed by atoms with Gasteiger partial charge in [-0.05, 0) is 24.3 Å². The molecule has 0 aliphatic carbocycles. The molecule has 3 N–H and O–H groups in total. The summed E-state index contributed by atoms with van der Waals surface area (Å²) in [6.07, 6.45) is 0. The number of carbonyl (C=O) groups excluding carboxylic acids is 2. The molecule has 0 bridgehead atoms. The van der Waals surface area contributed by atoms with E-state index in [1.54, 1.807) is 24.3 Å². The number of hydrogen-bond acceptors (Lipinski definition) is 5. The minimum absolute atomic E-state index is 0.00282. The van der Waals surface area contributed by atoms with E-state index in [0.29, 0.717) is 23.2 Å². The van der Waals surface area contributed by atoms with E-state index in [0.717, 1.165) is 12.1 Å². The average Bonchev–Trinajstić information content (AvgIpc) is 3.13. The number of methoxy groups -OCH3 is 1. The number of halogens is 2. The highest BCUT2D eigenvalue weighted by Crippen LogP contribution is 2.26. The van der Waals surface area contributed by atoms with Crippen molar-refractivity contribution in [3.05, 3.63) is 59.7 Å². The Bertz CT molecular complexity index is 1000. The maximum atomic E-state index is 13.1. The summed E-state index contributed by atoms with van der Waals surface area (Å²) in [6.45, 7) is -0.435. The van der Waals surface area contributed by atoms with Crippen LogP contribution in [-0.4, -0.2) is 40.7 Å². The number of rotatable bonds is 6. The molecule has 2 amide bonds. The van der Waals surface area contributed by atoms with E-state index in [1.165, 1.54) is 7.11 Å². The molecule has 3 rings (SSSR count). The van der Waals surface area contributed by atoms with E-state index in [9.17, 15) is 18.4 Å². The summed E-state index contributed by atoms with van der Waals surface area (Å²) in [5.74, 6) is -2.23. The van der Waals surface area contributed by atoms with E-state index >= 15 is 0 Å². The van der Waals surface area contributed by atoms with Gasteiger partial charge in [-0.25, -0.2) is 8.78 Å². The van der Waals surface area contributed by atoms with Crippen LogP contribution in [0.3, 0.4) is 0 Å². The lowest BCUT2D eigenvalue weighted by molar-refractivity contribution is -0.115. The van der Waals surface area contributed by atoms with Gasteiger partial charge in [0.25, 0.3) is 5.91 Å². The summed E-state index contributed by atoms with van der Waals surface area (Å²) in [6, 6.07) is 9.49. The Morgan fingerprint density at radius 3 is 2.57 bits per heavy atom. The molecule has 0 aliphatic heterocycles. The highest BCUT2D eigenvalue weighted by atomic mass is 19.1. The van der Waals surface area contributed by atoms with Crippen LogP contribution in [0.4, 0.5) is 14.7 Å². The fraction of sp³-hybridized carbons (Fsp3) is 0.111. The number of H-pyrrole nitrogens is 1. The Balaban J connectivity index is 1.60. The Labute approximate surface area is 157 Å². The van der Waals surface area contributed by atoms with Gasteiger partial charge in [0.2, 0.25) is 11.9 Å². The van der Waals surface area contributed by atoms with Gasteiger partial charge in [-0.3, -0.25) is 20.0 Å². The number of benzene rings is 2. The largest absolute Gasteiger partial charge is 0.496 e. The Morgan fingerprint density at radius 2 is 1.86 bits per heavy atom. The third-order valence-corrected chi connectivity index (χ3v) is 3.63. The molecule has 1 aromatic heterocycles. The van der Waals surface area contributed by atoms with Crippen LogP contribution in [-0.2, 0) is 4.79 Å². The number of amides is 2. The van der Waals surface area contributed by atoms with Gasteiger partial charge in [0, 0.05) is 11.6 Å². The lowest BCUT2D eigenvalue weighted by Gasteiger charge is -2.05. The first-order valence-electron chi connectivity index (χ1n) is 8.06. The monoisotopic (exact) mass is 387 g/mol. The van der Waals surface area contributed by atoms with Gasteiger partial charge >= 0.3 is 0 Å². The Morgan fingerprint density at radius 1 is 1.14 bits per heavy atom. The van der Waals surface area contributed by atoms with Crippen molar-refractivity contribution < 1.29 is 23.1 Å². The van der Waals surface area contributed by atoms with Crippen molar-refractivity contribution >= 4 is 17.8 Å². The maximum absolute atomic E-state index is 13.1. The van der Waals surface area contributed by atoms with Crippen LogP contribution in [0.2, 0.25) is 0 Å². The molecule has 3 aromatic rings. The van der Waals surface area contributed by atoms with Crippen molar-refractivity contribution in [1.29, 1.82) is 0 Å². The van der Waals surface area contributed by atoms with Gasteiger partial charge in [-0.1, -0.05) is 12.1 Å². The summed E-state index contributed by atoms with van der Waals surface area (Å²) in [4.78, 5) is 28.0. The molecule has 28 heavy (non-hydrogen) atoms. The second-order valence-electron chi connectivity index (χ2n) is 5.60. The highest BCUT2D eigenvalue weighted by molar-refractivity contribution is 5.98. The average molecular weight is 387 g/mol. The first kappa shape index (κ1) is 19.0. The molecule has 0 unspecified atom stereocenters. The highest BCUT2D eigenvalue weighted by Gasteiger charge is 2.14. The molecular weight excluding hydrogens is 372 g/mol. The van der Waals surface area contributed by atoms with E-state index in [-0.39, 0.29) is 11.5 Å². The molecule has 1 heterocycles. The topological polar surface area (TPSA) is 109 Å². The van der Waals surface area contributed by atoms with Crippen LogP contribution in [0.15, 0.2) is 42.5 Å². The Hall–Kier alpha value is -3.82. The summed E-state index contributed by atoms with van der Waals surface area (Å²) >= 11 is 0. The molecule has 0 saturated carbocycles. The molecular formula is C18H15F2N5O3. The number of ether oxygens (including phenoxy) is 1. The van der Waals surface area contributed by atoms with E-state index < -0.39 is 30.0 Å². The van der Waals surface area contributed by atoms with E-state index in [2.05, 4.69) is 25.8 Å². The minimum atomic E-state index is -0.890. The van der Waals surface area contributed by atoms with E-state index in [4.69, 9.17) is 4.74 Å². The number of carbonyl (C=O) groups is 2. The summed E-state index contributed by atoms with van der Waals surface area (Å²) in [5, 5.41) is 11.2. The number of para-hydroxylation sites is 1. The minimum Gasteiger partial charge on any atom is -0.496 e. The molecule has 0 spiro atoms. The standard InChI is InChI=1S/C18H15F2N5O3/c1-28-14-5-3-2-4-13(14)16-23-18(25-24-16)22-15(26)9-21-17(27)10-6-11(19)8-12(20)7-10/h2-8H,9H2,1H3,(H,21,27)(H2,22,23,24,25,26). The lowest BCUT2D eigenvalue weighted by atomic mass is 10.2. The number of anilines is 1. The number of nitrogens with zero attached hydrogens (tertiary/aromatic N) is 2. The van der Waals surface area contributed by atoms with Crippen LogP contribution >= 0.6 is 0 Å². The summed E-state index contributed by atoms with van der Waals surface area (Å²) < 4.78 is 31.5. The van der Waals surface area contributed by atoms with Crippen molar-refractivity contribution in [3.8, 4) is 17.1 Å².